The van der Waals surface area contributed by atoms with Crippen LogP contribution in [0.3, 0.4) is 0 Å². The standard InChI is InChI=1S/C21H24O4.C4H6O2/c1-21(2,15-3-7-17(8-4-15)22-11-19-13-24-19)16-5-9-18(10-6-16)23-12-20-14-25-20;1-3(2)4(5)6/h3-10,19-20H,11-14H2,1-2H3;1H2,2H3,(H,5,6). The molecule has 2 heterocycles. The van der Waals surface area contributed by atoms with Crippen molar-refractivity contribution in [3.8, 4) is 11.5 Å². The first-order valence-electron chi connectivity index (χ1n) is 10.3. The number of carboxylic acids is 1. The van der Waals surface area contributed by atoms with E-state index >= 15 is 0 Å². The van der Waals surface area contributed by atoms with Gasteiger partial charge in [-0.25, -0.2) is 4.79 Å². The monoisotopic (exact) mass is 426 g/mol. The topological polar surface area (TPSA) is 80.8 Å². The summed E-state index contributed by atoms with van der Waals surface area (Å²) in [5.41, 5.74) is 2.59. The van der Waals surface area contributed by atoms with Crippen LogP contribution in [0.4, 0.5) is 0 Å². The van der Waals surface area contributed by atoms with E-state index < -0.39 is 5.97 Å². The number of hydrogen-bond acceptors (Lipinski definition) is 5. The first-order chi connectivity index (χ1) is 14.8. The first-order valence-corrected chi connectivity index (χ1v) is 10.3. The molecule has 0 bridgehead atoms. The number of aliphatic carboxylic acids is 1. The van der Waals surface area contributed by atoms with Crippen molar-refractivity contribution in [2.24, 2.45) is 0 Å². The molecule has 2 atom stereocenters. The Hall–Kier alpha value is -2.83. The van der Waals surface area contributed by atoms with Crippen LogP contribution < -0.4 is 9.47 Å². The second-order valence-corrected chi connectivity index (χ2v) is 8.29. The molecule has 2 saturated heterocycles. The minimum absolute atomic E-state index is 0.0870. The van der Waals surface area contributed by atoms with Crippen LogP contribution in [-0.2, 0) is 19.7 Å². The highest BCUT2D eigenvalue weighted by Crippen LogP contribution is 2.33. The van der Waals surface area contributed by atoms with E-state index in [2.05, 4.69) is 44.7 Å². The second-order valence-electron chi connectivity index (χ2n) is 8.29. The lowest BCUT2D eigenvalue weighted by molar-refractivity contribution is -0.132. The molecule has 0 saturated carbocycles. The normalized spacial score (nSPS) is 18.9. The molecule has 2 fully saturated rings. The highest BCUT2D eigenvalue weighted by atomic mass is 16.6. The third kappa shape index (κ3) is 7.12. The molecule has 0 amide bonds. The van der Waals surface area contributed by atoms with Crippen LogP contribution in [0, 0.1) is 0 Å². The van der Waals surface area contributed by atoms with Crippen LogP contribution in [-0.4, -0.2) is 49.7 Å². The summed E-state index contributed by atoms with van der Waals surface area (Å²) in [4.78, 5) is 9.60. The fraction of sp³-hybridized carbons (Fsp3) is 0.400. The Bertz CT molecular complexity index is 804. The molecule has 0 spiro atoms. The molecule has 6 heteroatoms. The van der Waals surface area contributed by atoms with Gasteiger partial charge in [-0.1, -0.05) is 44.7 Å². The van der Waals surface area contributed by atoms with E-state index in [-0.39, 0.29) is 23.2 Å². The highest BCUT2D eigenvalue weighted by Gasteiger charge is 2.25. The molecular formula is C25H30O6. The Morgan fingerprint density at radius 3 is 1.52 bits per heavy atom. The summed E-state index contributed by atoms with van der Waals surface area (Å²) in [7, 11) is 0. The summed E-state index contributed by atoms with van der Waals surface area (Å²) >= 11 is 0. The minimum Gasteiger partial charge on any atom is -0.491 e. The maximum absolute atomic E-state index is 9.60. The van der Waals surface area contributed by atoms with Crippen LogP contribution in [0.25, 0.3) is 0 Å². The Kier molecular flexibility index (Phi) is 7.36. The maximum Gasteiger partial charge on any atom is 0.330 e. The summed E-state index contributed by atoms with van der Waals surface area (Å²) in [6, 6.07) is 16.7. The van der Waals surface area contributed by atoms with Gasteiger partial charge in [-0.2, -0.15) is 0 Å². The van der Waals surface area contributed by atoms with Gasteiger partial charge in [-0.15, -0.1) is 0 Å². The molecule has 1 N–H and O–H groups in total. The van der Waals surface area contributed by atoms with E-state index in [1.807, 2.05) is 24.3 Å². The molecule has 2 aliphatic heterocycles. The molecule has 0 aromatic heterocycles. The van der Waals surface area contributed by atoms with Gasteiger partial charge < -0.3 is 24.1 Å². The highest BCUT2D eigenvalue weighted by molar-refractivity contribution is 5.84. The van der Waals surface area contributed by atoms with Crippen molar-refractivity contribution in [1.29, 1.82) is 0 Å². The van der Waals surface area contributed by atoms with Crippen molar-refractivity contribution in [3.05, 3.63) is 71.8 Å². The number of carbonyl (C=O) groups is 1. The lowest BCUT2D eigenvalue weighted by atomic mass is 9.78. The van der Waals surface area contributed by atoms with Crippen molar-refractivity contribution >= 4 is 5.97 Å². The second kappa shape index (κ2) is 9.98. The van der Waals surface area contributed by atoms with Crippen molar-refractivity contribution in [2.45, 2.75) is 38.4 Å². The lowest BCUT2D eigenvalue weighted by Gasteiger charge is -2.26. The van der Waals surface area contributed by atoms with Gasteiger partial charge in [0.15, 0.2) is 0 Å². The van der Waals surface area contributed by atoms with Gasteiger partial charge in [0.25, 0.3) is 0 Å². The molecule has 31 heavy (non-hydrogen) atoms. The van der Waals surface area contributed by atoms with Crippen molar-refractivity contribution in [1.82, 2.24) is 0 Å². The molecule has 0 radical (unpaired) electrons. The van der Waals surface area contributed by atoms with Gasteiger partial charge in [0.05, 0.1) is 13.2 Å². The molecule has 2 aromatic carbocycles. The number of rotatable bonds is 9. The zero-order valence-electron chi connectivity index (χ0n) is 18.3. The molecule has 2 aliphatic rings. The Labute approximate surface area is 183 Å². The zero-order chi connectivity index (χ0) is 22.4. The van der Waals surface area contributed by atoms with Crippen LogP contribution in [0.2, 0.25) is 0 Å². The van der Waals surface area contributed by atoms with Crippen LogP contribution in [0.15, 0.2) is 60.7 Å². The fourth-order valence-electron chi connectivity index (χ4n) is 2.81. The Balaban J connectivity index is 0.000000401. The summed E-state index contributed by atoms with van der Waals surface area (Å²) in [5, 5.41) is 7.89. The van der Waals surface area contributed by atoms with E-state index in [9.17, 15) is 4.79 Å². The average Bonchev–Trinajstić information content (AvgIpc) is 3.67. The minimum atomic E-state index is -0.935. The number of carboxylic acid groups (broad SMARTS) is 1. The van der Waals surface area contributed by atoms with Crippen molar-refractivity contribution in [2.75, 3.05) is 26.4 Å². The smallest absolute Gasteiger partial charge is 0.330 e. The van der Waals surface area contributed by atoms with Crippen LogP contribution in [0.1, 0.15) is 31.9 Å². The average molecular weight is 427 g/mol. The SMILES string of the molecule is C=C(C)C(=O)O.CC(C)(c1ccc(OCC2CO2)cc1)c1ccc(OCC2CO2)cc1. The molecule has 2 unspecified atom stereocenters. The Morgan fingerprint density at radius 2 is 1.26 bits per heavy atom. The quantitative estimate of drug-likeness (QED) is 0.478. The number of hydrogen-bond donors (Lipinski definition) is 1. The van der Waals surface area contributed by atoms with Crippen molar-refractivity contribution in [3.63, 3.8) is 0 Å². The largest absolute Gasteiger partial charge is 0.491 e. The predicted octanol–water partition coefficient (Wildman–Crippen LogP) is 4.21. The van der Waals surface area contributed by atoms with Gasteiger partial charge in [-0.05, 0) is 42.3 Å². The summed E-state index contributed by atoms with van der Waals surface area (Å²) in [6.45, 7) is 12.0. The lowest BCUT2D eigenvalue weighted by Crippen LogP contribution is -2.18. The fourth-order valence-corrected chi connectivity index (χ4v) is 2.81. The van der Waals surface area contributed by atoms with E-state index in [0.717, 1.165) is 24.7 Å². The van der Waals surface area contributed by atoms with E-state index in [4.69, 9.17) is 24.1 Å². The number of benzene rings is 2. The van der Waals surface area contributed by atoms with Gasteiger partial charge in [-0.3, -0.25) is 0 Å². The van der Waals surface area contributed by atoms with Gasteiger partial charge >= 0.3 is 5.97 Å². The molecule has 4 rings (SSSR count). The summed E-state index contributed by atoms with van der Waals surface area (Å²) < 4.78 is 21.8. The molecule has 166 valence electrons. The first kappa shape index (κ1) is 22.8. The Morgan fingerprint density at radius 1 is 0.935 bits per heavy atom. The number of epoxide rings is 2. The van der Waals surface area contributed by atoms with E-state index in [1.54, 1.807) is 0 Å². The molecule has 6 nitrogen and oxygen atoms in total. The maximum atomic E-state index is 9.60. The van der Waals surface area contributed by atoms with Crippen LogP contribution in [0.5, 0.6) is 11.5 Å². The number of ether oxygens (including phenoxy) is 4. The predicted molar refractivity (Wildman–Crippen MR) is 118 cm³/mol. The van der Waals surface area contributed by atoms with Gasteiger partial charge in [0.2, 0.25) is 0 Å². The summed E-state index contributed by atoms with van der Waals surface area (Å²) in [6.07, 6.45) is 0.562. The molecule has 0 aliphatic carbocycles. The van der Waals surface area contributed by atoms with Gasteiger partial charge in [0, 0.05) is 11.0 Å². The van der Waals surface area contributed by atoms with Crippen LogP contribution >= 0.6 is 0 Å². The molecular weight excluding hydrogens is 396 g/mol. The summed E-state index contributed by atoms with van der Waals surface area (Å²) in [5.74, 6) is 0.845. The third-order valence-corrected chi connectivity index (χ3v) is 5.19. The zero-order valence-corrected chi connectivity index (χ0v) is 18.3. The van der Waals surface area contributed by atoms with E-state index in [0.29, 0.717) is 13.2 Å². The van der Waals surface area contributed by atoms with Gasteiger partial charge in [0.1, 0.15) is 36.9 Å². The molecule has 2 aromatic rings. The third-order valence-electron chi connectivity index (χ3n) is 5.19. The van der Waals surface area contributed by atoms with Crippen molar-refractivity contribution < 1.29 is 28.8 Å². The van der Waals surface area contributed by atoms with E-state index in [1.165, 1.54) is 18.1 Å².